The van der Waals surface area contributed by atoms with Crippen LogP contribution in [0.1, 0.15) is 12.8 Å². The standard InChI is InChI=1S/C13H15ClN2O2/c14-10-2-1-3-11(8-10)16-12(17)18-9-13(16)4-6-15-7-5-13/h1-3,8,15H,4-7,9H2. The third kappa shape index (κ3) is 1.85. The number of piperidine rings is 1. The molecule has 2 aliphatic heterocycles. The van der Waals surface area contributed by atoms with Crippen LogP contribution in [0.4, 0.5) is 10.5 Å². The van der Waals surface area contributed by atoms with Crippen molar-refractivity contribution in [2.24, 2.45) is 0 Å². The van der Waals surface area contributed by atoms with Crippen LogP contribution in [0.2, 0.25) is 5.02 Å². The molecule has 2 saturated heterocycles. The highest BCUT2D eigenvalue weighted by Gasteiger charge is 2.48. The summed E-state index contributed by atoms with van der Waals surface area (Å²) >= 11 is 6.01. The van der Waals surface area contributed by atoms with E-state index in [-0.39, 0.29) is 11.6 Å². The minimum absolute atomic E-state index is 0.201. The van der Waals surface area contributed by atoms with E-state index >= 15 is 0 Å². The van der Waals surface area contributed by atoms with Crippen molar-refractivity contribution >= 4 is 23.4 Å². The lowest BCUT2D eigenvalue weighted by molar-refractivity contribution is 0.167. The molecule has 0 saturated carbocycles. The number of cyclic esters (lactones) is 1. The molecule has 96 valence electrons. The molecule has 2 fully saturated rings. The van der Waals surface area contributed by atoms with Gasteiger partial charge in [-0.15, -0.1) is 0 Å². The lowest BCUT2D eigenvalue weighted by Crippen LogP contribution is -2.53. The van der Waals surface area contributed by atoms with Crippen LogP contribution in [0.25, 0.3) is 0 Å². The number of anilines is 1. The molecule has 1 aromatic rings. The number of hydrogen-bond acceptors (Lipinski definition) is 3. The fraction of sp³-hybridized carbons (Fsp3) is 0.462. The van der Waals surface area contributed by atoms with Gasteiger partial charge in [-0.25, -0.2) is 4.79 Å². The Bertz CT molecular complexity index is 472. The maximum atomic E-state index is 12.0. The number of nitrogens with zero attached hydrogens (tertiary/aromatic N) is 1. The molecule has 1 spiro atoms. The number of carbonyl (C=O) groups excluding carboxylic acids is 1. The molecule has 5 heteroatoms. The molecule has 1 N–H and O–H groups in total. The van der Waals surface area contributed by atoms with Gasteiger partial charge in [0.05, 0.1) is 5.54 Å². The molecule has 0 radical (unpaired) electrons. The minimum Gasteiger partial charge on any atom is -0.447 e. The molecule has 2 heterocycles. The lowest BCUT2D eigenvalue weighted by Gasteiger charge is -2.38. The van der Waals surface area contributed by atoms with Crippen molar-refractivity contribution in [3.63, 3.8) is 0 Å². The van der Waals surface area contributed by atoms with E-state index in [1.807, 2.05) is 24.3 Å². The second-order valence-electron chi connectivity index (χ2n) is 4.84. The zero-order valence-electron chi connectivity index (χ0n) is 9.99. The van der Waals surface area contributed by atoms with Crippen LogP contribution in [-0.2, 0) is 4.74 Å². The van der Waals surface area contributed by atoms with Crippen molar-refractivity contribution in [3.8, 4) is 0 Å². The monoisotopic (exact) mass is 266 g/mol. The van der Waals surface area contributed by atoms with Gasteiger partial charge in [0, 0.05) is 10.7 Å². The topological polar surface area (TPSA) is 41.6 Å². The summed E-state index contributed by atoms with van der Waals surface area (Å²) < 4.78 is 5.27. The van der Waals surface area contributed by atoms with E-state index < -0.39 is 0 Å². The molecule has 0 atom stereocenters. The molecule has 2 aliphatic rings. The molecule has 0 bridgehead atoms. The van der Waals surface area contributed by atoms with Gasteiger partial charge in [0.25, 0.3) is 0 Å². The lowest BCUT2D eigenvalue weighted by atomic mass is 9.88. The van der Waals surface area contributed by atoms with Gasteiger partial charge < -0.3 is 10.1 Å². The molecule has 18 heavy (non-hydrogen) atoms. The Morgan fingerprint density at radius 2 is 2.11 bits per heavy atom. The maximum Gasteiger partial charge on any atom is 0.415 e. The summed E-state index contributed by atoms with van der Waals surface area (Å²) in [5, 5.41) is 3.95. The van der Waals surface area contributed by atoms with Crippen LogP contribution in [0.5, 0.6) is 0 Å². The fourth-order valence-corrected chi connectivity index (χ4v) is 2.96. The Hall–Kier alpha value is -1.26. The second kappa shape index (κ2) is 4.44. The largest absolute Gasteiger partial charge is 0.447 e. The quantitative estimate of drug-likeness (QED) is 0.849. The predicted octanol–water partition coefficient (Wildman–Crippen LogP) is 2.42. The highest BCUT2D eigenvalue weighted by Crippen LogP contribution is 2.37. The van der Waals surface area contributed by atoms with Crippen LogP contribution >= 0.6 is 11.6 Å². The van der Waals surface area contributed by atoms with Gasteiger partial charge in [0.15, 0.2) is 0 Å². The number of benzene rings is 1. The highest BCUT2D eigenvalue weighted by atomic mass is 35.5. The summed E-state index contributed by atoms with van der Waals surface area (Å²) in [6.45, 7) is 2.29. The van der Waals surface area contributed by atoms with Crippen LogP contribution in [0, 0.1) is 0 Å². The Labute approximate surface area is 111 Å². The molecule has 0 aromatic heterocycles. The fourth-order valence-electron chi connectivity index (χ4n) is 2.77. The van der Waals surface area contributed by atoms with Crippen LogP contribution in [0.15, 0.2) is 24.3 Å². The summed E-state index contributed by atoms with van der Waals surface area (Å²) in [7, 11) is 0. The Balaban J connectivity index is 1.99. The van der Waals surface area contributed by atoms with Gasteiger partial charge in [0.1, 0.15) is 6.61 Å². The minimum atomic E-state index is -0.265. The number of carbonyl (C=O) groups is 1. The Morgan fingerprint density at radius 1 is 1.33 bits per heavy atom. The molecular weight excluding hydrogens is 252 g/mol. The van der Waals surface area contributed by atoms with Crippen LogP contribution < -0.4 is 10.2 Å². The molecular formula is C13H15ClN2O2. The average Bonchev–Trinajstić information content (AvgIpc) is 2.67. The third-order valence-corrected chi connectivity index (χ3v) is 3.96. The summed E-state index contributed by atoms with van der Waals surface area (Å²) in [6.07, 6.45) is 1.55. The number of halogens is 1. The zero-order valence-corrected chi connectivity index (χ0v) is 10.7. The van der Waals surface area contributed by atoms with Crippen molar-refractivity contribution in [3.05, 3.63) is 29.3 Å². The molecule has 1 amide bonds. The summed E-state index contributed by atoms with van der Waals surface area (Å²) in [6, 6.07) is 7.39. The smallest absolute Gasteiger partial charge is 0.415 e. The van der Waals surface area contributed by atoms with E-state index in [0.29, 0.717) is 11.6 Å². The molecule has 0 unspecified atom stereocenters. The van der Waals surface area contributed by atoms with Crippen molar-refractivity contribution in [1.82, 2.24) is 5.32 Å². The first kappa shape index (κ1) is 11.8. The number of rotatable bonds is 1. The van der Waals surface area contributed by atoms with Gasteiger partial charge in [-0.05, 0) is 44.1 Å². The SMILES string of the molecule is O=C1OCC2(CCNCC2)N1c1cccc(Cl)c1. The number of hydrogen-bond donors (Lipinski definition) is 1. The first-order valence-electron chi connectivity index (χ1n) is 6.15. The predicted molar refractivity (Wildman–Crippen MR) is 70.1 cm³/mol. The molecule has 3 rings (SSSR count). The summed E-state index contributed by atoms with van der Waals surface area (Å²) in [4.78, 5) is 13.8. The van der Waals surface area contributed by atoms with Gasteiger partial charge in [-0.3, -0.25) is 4.90 Å². The first-order valence-corrected chi connectivity index (χ1v) is 6.52. The van der Waals surface area contributed by atoms with Crippen molar-refractivity contribution in [2.75, 3.05) is 24.6 Å². The van der Waals surface area contributed by atoms with E-state index in [1.54, 1.807) is 4.90 Å². The van der Waals surface area contributed by atoms with Gasteiger partial charge in [-0.2, -0.15) is 0 Å². The maximum absolute atomic E-state index is 12.0. The van der Waals surface area contributed by atoms with E-state index in [2.05, 4.69) is 5.32 Å². The zero-order chi connectivity index (χ0) is 12.6. The third-order valence-electron chi connectivity index (χ3n) is 3.72. The Morgan fingerprint density at radius 3 is 2.83 bits per heavy atom. The van der Waals surface area contributed by atoms with E-state index in [9.17, 15) is 4.79 Å². The van der Waals surface area contributed by atoms with Crippen LogP contribution in [0.3, 0.4) is 0 Å². The molecule has 4 nitrogen and oxygen atoms in total. The van der Waals surface area contributed by atoms with E-state index in [1.165, 1.54) is 0 Å². The van der Waals surface area contributed by atoms with Gasteiger partial charge in [0.2, 0.25) is 0 Å². The number of ether oxygens (including phenoxy) is 1. The first-order chi connectivity index (χ1) is 8.71. The van der Waals surface area contributed by atoms with Crippen molar-refractivity contribution < 1.29 is 9.53 Å². The van der Waals surface area contributed by atoms with Crippen LogP contribution in [-0.4, -0.2) is 31.3 Å². The number of amides is 1. The van der Waals surface area contributed by atoms with E-state index in [0.717, 1.165) is 31.6 Å². The molecule has 0 aliphatic carbocycles. The van der Waals surface area contributed by atoms with Crippen molar-refractivity contribution in [2.45, 2.75) is 18.4 Å². The average molecular weight is 267 g/mol. The van der Waals surface area contributed by atoms with E-state index in [4.69, 9.17) is 16.3 Å². The second-order valence-corrected chi connectivity index (χ2v) is 5.28. The summed E-state index contributed by atoms with van der Waals surface area (Å²) in [5.74, 6) is 0. The normalized spacial score (nSPS) is 22.3. The van der Waals surface area contributed by atoms with Crippen molar-refractivity contribution in [1.29, 1.82) is 0 Å². The van der Waals surface area contributed by atoms with Gasteiger partial charge in [-0.1, -0.05) is 17.7 Å². The molecule has 1 aromatic carbocycles. The Kier molecular flexibility index (Phi) is 2.92. The number of nitrogens with one attached hydrogen (secondary N) is 1. The summed E-state index contributed by atoms with van der Waals surface area (Å²) in [5.41, 5.74) is 0.624. The highest BCUT2D eigenvalue weighted by molar-refractivity contribution is 6.30. The van der Waals surface area contributed by atoms with Gasteiger partial charge >= 0.3 is 6.09 Å².